The molecular weight excluding hydrogens is 350 g/mol. The van der Waals surface area contributed by atoms with E-state index in [1.54, 1.807) is 10.7 Å². The molecule has 1 aliphatic heterocycles. The van der Waals surface area contributed by atoms with Crippen molar-refractivity contribution in [2.75, 3.05) is 6.61 Å². The maximum Gasteiger partial charge on any atom is 0.357 e. The number of nitro benzene ring substituents is 1. The Kier molecular flexibility index (Phi) is 4.29. The highest BCUT2D eigenvalue weighted by atomic mass is 16.6. The van der Waals surface area contributed by atoms with E-state index in [0.29, 0.717) is 23.7 Å². The minimum absolute atomic E-state index is 0.0129. The summed E-state index contributed by atoms with van der Waals surface area (Å²) in [6, 6.07) is 17.0. The third-order valence-electron chi connectivity index (χ3n) is 4.19. The lowest BCUT2D eigenvalue weighted by Gasteiger charge is -2.23. The Labute approximate surface area is 154 Å². The lowest BCUT2D eigenvalue weighted by atomic mass is 10.1. The first kappa shape index (κ1) is 16.8. The van der Waals surface area contributed by atoms with E-state index in [2.05, 4.69) is 5.10 Å². The number of nitro groups is 1. The van der Waals surface area contributed by atoms with Gasteiger partial charge in [0.25, 0.3) is 5.69 Å². The molecule has 0 saturated carbocycles. The Bertz CT molecular complexity index is 982. The number of ether oxygens (including phenoxy) is 2. The van der Waals surface area contributed by atoms with Crippen LogP contribution in [0.1, 0.15) is 10.5 Å². The van der Waals surface area contributed by atoms with Gasteiger partial charge < -0.3 is 9.47 Å². The van der Waals surface area contributed by atoms with Crippen LogP contribution >= 0.6 is 0 Å². The van der Waals surface area contributed by atoms with E-state index < -0.39 is 17.0 Å². The highest BCUT2D eigenvalue weighted by Crippen LogP contribution is 2.23. The molecule has 8 nitrogen and oxygen atoms in total. The van der Waals surface area contributed by atoms with Crippen molar-refractivity contribution in [2.45, 2.75) is 12.6 Å². The largest absolute Gasteiger partial charge is 0.490 e. The van der Waals surface area contributed by atoms with E-state index >= 15 is 0 Å². The molecule has 4 rings (SSSR count). The normalized spacial score (nSPS) is 15.7. The second-order valence-electron chi connectivity index (χ2n) is 6.05. The fraction of sp³-hybridized carbons (Fsp3) is 0.158. The van der Waals surface area contributed by atoms with Crippen LogP contribution in [0.2, 0.25) is 0 Å². The summed E-state index contributed by atoms with van der Waals surface area (Å²) in [6.45, 7) is 0.504. The number of carbonyl (C=O) groups is 1. The first-order valence-electron chi connectivity index (χ1n) is 8.31. The van der Waals surface area contributed by atoms with Crippen LogP contribution in [0.3, 0.4) is 0 Å². The number of aromatic nitrogens is 2. The maximum atomic E-state index is 12.3. The van der Waals surface area contributed by atoms with Gasteiger partial charge in [-0.3, -0.25) is 14.8 Å². The summed E-state index contributed by atoms with van der Waals surface area (Å²) in [5, 5.41) is 15.2. The summed E-state index contributed by atoms with van der Waals surface area (Å²) in [7, 11) is 0. The molecule has 0 saturated heterocycles. The first-order valence-corrected chi connectivity index (χ1v) is 8.31. The highest BCUT2D eigenvalue weighted by molar-refractivity contribution is 5.89. The summed E-state index contributed by atoms with van der Waals surface area (Å²) in [5.41, 5.74) is 2.02. The smallest absolute Gasteiger partial charge is 0.357 e. The maximum absolute atomic E-state index is 12.3. The molecule has 1 aromatic heterocycles. The molecule has 3 aromatic rings. The molecule has 0 bridgehead atoms. The van der Waals surface area contributed by atoms with Gasteiger partial charge in [0.05, 0.1) is 17.2 Å². The zero-order valence-electron chi connectivity index (χ0n) is 14.1. The SMILES string of the molecule is O=C1OC(COc2ccc([N+](=O)[O-])cc2)Cn2nc(-c3ccccc3)cc21. The Morgan fingerprint density at radius 2 is 1.93 bits per heavy atom. The molecule has 8 heteroatoms. The van der Waals surface area contributed by atoms with E-state index in [1.807, 2.05) is 30.3 Å². The summed E-state index contributed by atoms with van der Waals surface area (Å²) < 4.78 is 12.6. The van der Waals surface area contributed by atoms with Gasteiger partial charge in [-0.05, 0) is 18.2 Å². The number of rotatable bonds is 5. The highest BCUT2D eigenvalue weighted by Gasteiger charge is 2.29. The summed E-state index contributed by atoms with van der Waals surface area (Å²) in [6.07, 6.45) is -0.497. The molecule has 2 aromatic carbocycles. The lowest BCUT2D eigenvalue weighted by Crippen LogP contribution is -2.36. The Hall–Kier alpha value is -3.68. The van der Waals surface area contributed by atoms with E-state index in [0.717, 1.165) is 5.56 Å². The van der Waals surface area contributed by atoms with Crippen molar-refractivity contribution < 1.29 is 19.2 Å². The molecule has 1 atom stereocenters. The lowest BCUT2D eigenvalue weighted by molar-refractivity contribution is -0.384. The van der Waals surface area contributed by atoms with Crippen LogP contribution in [0, 0.1) is 10.1 Å². The van der Waals surface area contributed by atoms with Crippen LogP contribution in [-0.2, 0) is 11.3 Å². The number of cyclic esters (lactones) is 1. The Morgan fingerprint density at radius 1 is 1.19 bits per heavy atom. The molecule has 27 heavy (non-hydrogen) atoms. The zero-order chi connectivity index (χ0) is 18.8. The van der Waals surface area contributed by atoms with Crippen LogP contribution < -0.4 is 4.74 Å². The van der Waals surface area contributed by atoms with Gasteiger partial charge in [0.1, 0.15) is 18.1 Å². The topological polar surface area (TPSA) is 96.5 Å². The third-order valence-corrected chi connectivity index (χ3v) is 4.19. The van der Waals surface area contributed by atoms with Crippen LogP contribution in [-0.4, -0.2) is 33.4 Å². The van der Waals surface area contributed by atoms with Crippen molar-refractivity contribution in [3.63, 3.8) is 0 Å². The minimum atomic E-state index is -0.497. The predicted octanol–water partition coefficient (Wildman–Crippen LogP) is 3.08. The van der Waals surface area contributed by atoms with Gasteiger partial charge in [-0.2, -0.15) is 5.10 Å². The molecule has 0 aliphatic carbocycles. The van der Waals surface area contributed by atoms with E-state index in [4.69, 9.17) is 9.47 Å². The molecule has 136 valence electrons. The van der Waals surface area contributed by atoms with Gasteiger partial charge in [0.15, 0.2) is 6.10 Å². The van der Waals surface area contributed by atoms with Crippen molar-refractivity contribution >= 4 is 11.7 Å². The van der Waals surface area contributed by atoms with Gasteiger partial charge in [-0.1, -0.05) is 30.3 Å². The molecule has 0 amide bonds. The van der Waals surface area contributed by atoms with Gasteiger partial charge in [-0.15, -0.1) is 0 Å². The minimum Gasteiger partial charge on any atom is -0.490 e. The number of non-ortho nitro benzene ring substituents is 1. The monoisotopic (exact) mass is 365 g/mol. The quantitative estimate of drug-likeness (QED) is 0.392. The van der Waals surface area contributed by atoms with Gasteiger partial charge >= 0.3 is 5.97 Å². The molecule has 0 fully saturated rings. The number of carbonyl (C=O) groups excluding carboxylic acids is 1. The van der Waals surface area contributed by atoms with Crippen molar-refractivity contribution in [3.8, 4) is 17.0 Å². The summed E-state index contributed by atoms with van der Waals surface area (Å²) in [4.78, 5) is 22.5. The molecule has 0 N–H and O–H groups in total. The predicted molar refractivity (Wildman–Crippen MR) is 95.5 cm³/mol. The average Bonchev–Trinajstić information content (AvgIpc) is 3.12. The van der Waals surface area contributed by atoms with E-state index in [9.17, 15) is 14.9 Å². The summed E-state index contributed by atoms with van der Waals surface area (Å²) >= 11 is 0. The van der Waals surface area contributed by atoms with E-state index in [-0.39, 0.29) is 12.3 Å². The number of hydrogen-bond acceptors (Lipinski definition) is 6. The molecular formula is C19H15N3O5. The van der Waals surface area contributed by atoms with Gasteiger partial charge in [0, 0.05) is 17.7 Å². The standard InChI is InChI=1S/C19H15N3O5/c23-19-18-10-17(13-4-2-1-3-5-13)20-21(18)11-16(27-19)12-26-15-8-6-14(7-9-15)22(24)25/h1-10,16H,11-12H2. The van der Waals surface area contributed by atoms with Crippen LogP contribution in [0.15, 0.2) is 60.7 Å². The van der Waals surface area contributed by atoms with Gasteiger partial charge in [-0.25, -0.2) is 4.79 Å². The summed E-state index contributed by atoms with van der Waals surface area (Å²) in [5.74, 6) is 0.0149. The number of nitrogens with zero attached hydrogens (tertiary/aromatic N) is 3. The van der Waals surface area contributed by atoms with Crippen molar-refractivity contribution in [3.05, 3.63) is 76.5 Å². The Balaban J connectivity index is 1.44. The number of fused-ring (bicyclic) bond motifs is 1. The molecule has 0 radical (unpaired) electrons. The van der Waals surface area contributed by atoms with Crippen molar-refractivity contribution in [2.24, 2.45) is 0 Å². The second kappa shape index (κ2) is 6.91. The van der Waals surface area contributed by atoms with Gasteiger partial charge in [0.2, 0.25) is 0 Å². The Morgan fingerprint density at radius 3 is 2.63 bits per heavy atom. The van der Waals surface area contributed by atoms with Crippen LogP contribution in [0.5, 0.6) is 5.75 Å². The third kappa shape index (κ3) is 3.50. The second-order valence-corrected chi connectivity index (χ2v) is 6.05. The molecule has 1 aliphatic rings. The molecule has 2 heterocycles. The molecule has 0 spiro atoms. The number of hydrogen-bond donors (Lipinski definition) is 0. The van der Waals surface area contributed by atoms with Crippen molar-refractivity contribution in [1.29, 1.82) is 0 Å². The van der Waals surface area contributed by atoms with Crippen molar-refractivity contribution in [1.82, 2.24) is 9.78 Å². The molecule has 1 unspecified atom stereocenters. The first-order chi connectivity index (χ1) is 13.1. The average molecular weight is 365 g/mol. The fourth-order valence-corrected chi connectivity index (χ4v) is 2.85. The van der Waals surface area contributed by atoms with Crippen LogP contribution in [0.4, 0.5) is 5.69 Å². The van der Waals surface area contributed by atoms with E-state index in [1.165, 1.54) is 24.3 Å². The zero-order valence-corrected chi connectivity index (χ0v) is 14.1. The number of esters is 1. The number of benzene rings is 2. The fourth-order valence-electron chi connectivity index (χ4n) is 2.85. The van der Waals surface area contributed by atoms with Crippen LogP contribution in [0.25, 0.3) is 11.3 Å².